The highest BCUT2D eigenvalue weighted by Crippen LogP contribution is 2.31. The summed E-state index contributed by atoms with van der Waals surface area (Å²) in [4.78, 5) is 11.7. The number of thiazole rings is 1. The first kappa shape index (κ1) is 12.8. The number of pyridine rings is 1. The smallest absolute Gasteiger partial charge is 0.180 e. The number of nitrogens with two attached hydrogens (primary N) is 2. The van der Waals surface area contributed by atoms with Crippen molar-refractivity contribution in [1.82, 2.24) is 15.0 Å². The highest BCUT2D eigenvalue weighted by molar-refractivity contribution is 7.13. The van der Waals surface area contributed by atoms with Gasteiger partial charge in [-0.25, -0.2) is 9.97 Å². The van der Waals surface area contributed by atoms with Crippen LogP contribution in [-0.2, 0) is 0 Å². The van der Waals surface area contributed by atoms with E-state index in [0.29, 0.717) is 10.9 Å². The number of hydrogen-bond donors (Lipinski definition) is 3. The molecule has 4 rings (SSSR count). The van der Waals surface area contributed by atoms with Gasteiger partial charge in [-0.3, -0.25) is 0 Å². The van der Waals surface area contributed by atoms with Crippen molar-refractivity contribution < 1.29 is 0 Å². The minimum atomic E-state index is 0.501. The number of aromatic nitrogens is 3. The molecule has 3 heterocycles. The third-order valence-corrected chi connectivity index (χ3v) is 4.24. The van der Waals surface area contributed by atoms with E-state index in [9.17, 15) is 0 Å². The molecule has 0 saturated carbocycles. The molecule has 1 aromatic carbocycles. The molecule has 0 aliphatic heterocycles. The van der Waals surface area contributed by atoms with Crippen LogP contribution in [0.15, 0.2) is 48.0 Å². The number of benzene rings is 1. The van der Waals surface area contributed by atoms with Crippen molar-refractivity contribution in [2.24, 2.45) is 0 Å². The first-order valence-corrected chi connectivity index (χ1v) is 7.64. The molecule has 0 fully saturated rings. The molecule has 0 saturated heterocycles. The van der Waals surface area contributed by atoms with Gasteiger partial charge < -0.3 is 16.5 Å². The Bertz CT molecular complexity index is 952. The average Bonchev–Trinajstić information content (AvgIpc) is 3.15. The molecule has 0 aliphatic carbocycles. The lowest BCUT2D eigenvalue weighted by Gasteiger charge is -2.06. The number of fused-ring (bicyclic) bond motifs is 1. The number of rotatable bonds is 2. The van der Waals surface area contributed by atoms with E-state index in [1.165, 1.54) is 11.3 Å². The molecular weight excluding hydrogens is 294 g/mol. The Morgan fingerprint density at radius 1 is 0.955 bits per heavy atom. The van der Waals surface area contributed by atoms with Crippen LogP contribution in [0.5, 0.6) is 0 Å². The molecule has 4 aromatic rings. The zero-order valence-corrected chi connectivity index (χ0v) is 12.4. The van der Waals surface area contributed by atoms with Gasteiger partial charge in [-0.15, -0.1) is 11.3 Å². The van der Waals surface area contributed by atoms with Crippen LogP contribution in [0.25, 0.3) is 33.4 Å². The Labute approximate surface area is 130 Å². The van der Waals surface area contributed by atoms with Crippen LogP contribution < -0.4 is 11.5 Å². The molecular formula is C16H13N5S. The van der Waals surface area contributed by atoms with Crippen molar-refractivity contribution in [3.63, 3.8) is 0 Å². The van der Waals surface area contributed by atoms with Crippen LogP contribution in [-0.4, -0.2) is 15.0 Å². The van der Waals surface area contributed by atoms with E-state index in [1.54, 1.807) is 0 Å². The Morgan fingerprint density at radius 2 is 1.73 bits per heavy atom. The van der Waals surface area contributed by atoms with Gasteiger partial charge in [0.2, 0.25) is 0 Å². The maximum Gasteiger partial charge on any atom is 0.180 e. The molecule has 3 aromatic heterocycles. The van der Waals surface area contributed by atoms with Gasteiger partial charge in [0.25, 0.3) is 0 Å². The lowest BCUT2D eigenvalue weighted by Crippen LogP contribution is -1.92. The maximum absolute atomic E-state index is 5.89. The SMILES string of the molecule is Nc1cc(-c2ccc(-c3csc(N)n3)cc2)c2cc[nH]c2n1. The molecule has 22 heavy (non-hydrogen) atoms. The van der Waals surface area contributed by atoms with Gasteiger partial charge in [0.15, 0.2) is 5.13 Å². The van der Waals surface area contributed by atoms with E-state index < -0.39 is 0 Å². The number of aromatic amines is 1. The fourth-order valence-corrected chi connectivity index (χ4v) is 3.11. The lowest BCUT2D eigenvalue weighted by atomic mass is 10.0. The van der Waals surface area contributed by atoms with Crippen LogP contribution in [0.2, 0.25) is 0 Å². The van der Waals surface area contributed by atoms with E-state index in [1.807, 2.05) is 35.8 Å². The van der Waals surface area contributed by atoms with E-state index in [4.69, 9.17) is 11.5 Å². The largest absolute Gasteiger partial charge is 0.384 e. The predicted octanol–water partition coefficient (Wildman–Crippen LogP) is 3.52. The Hall–Kier alpha value is -2.86. The maximum atomic E-state index is 5.89. The second-order valence-corrected chi connectivity index (χ2v) is 5.87. The standard InChI is InChI=1S/C16H13N5S/c17-14-7-12(11-5-6-19-15(11)21-14)9-1-3-10(4-2-9)13-8-22-16(18)20-13/h1-8H,(H2,18,20)(H3,17,19,21). The monoisotopic (exact) mass is 307 g/mol. The van der Waals surface area contributed by atoms with Gasteiger partial charge in [-0.1, -0.05) is 24.3 Å². The quantitative estimate of drug-likeness (QED) is 0.528. The Kier molecular flexibility index (Phi) is 2.83. The van der Waals surface area contributed by atoms with E-state index in [0.717, 1.165) is 33.4 Å². The van der Waals surface area contributed by atoms with Crippen molar-refractivity contribution in [3.8, 4) is 22.4 Å². The van der Waals surface area contributed by atoms with Gasteiger partial charge in [0.1, 0.15) is 11.5 Å². The molecule has 0 spiro atoms. The Morgan fingerprint density at radius 3 is 2.45 bits per heavy atom. The van der Waals surface area contributed by atoms with Crippen LogP contribution >= 0.6 is 11.3 Å². The van der Waals surface area contributed by atoms with Crippen LogP contribution in [0, 0.1) is 0 Å². The van der Waals surface area contributed by atoms with Crippen molar-refractivity contribution in [2.45, 2.75) is 0 Å². The fourth-order valence-electron chi connectivity index (χ4n) is 2.54. The third-order valence-electron chi connectivity index (χ3n) is 3.56. The summed E-state index contributed by atoms with van der Waals surface area (Å²) in [6.07, 6.45) is 1.87. The number of nitrogen functional groups attached to an aromatic ring is 2. The molecule has 0 atom stereocenters. The molecule has 0 radical (unpaired) electrons. The van der Waals surface area contributed by atoms with Crippen molar-refractivity contribution in [3.05, 3.63) is 48.0 Å². The highest BCUT2D eigenvalue weighted by Gasteiger charge is 2.09. The first-order chi connectivity index (χ1) is 10.7. The molecule has 5 nitrogen and oxygen atoms in total. The zero-order chi connectivity index (χ0) is 15.1. The fraction of sp³-hybridized carbons (Fsp3) is 0. The second-order valence-electron chi connectivity index (χ2n) is 4.98. The van der Waals surface area contributed by atoms with Crippen LogP contribution in [0.1, 0.15) is 0 Å². The van der Waals surface area contributed by atoms with Crippen molar-refractivity contribution in [2.75, 3.05) is 11.5 Å². The predicted molar refractivity (Wildman–Crippen MR) is 91.5 cm³/mol. The van der Waals surface area contributed by atoms with Crippen molar-refractivity contribution in [1.29, 1.82) is 0 Å². The summed E-state index contributed by atoms with van der Waals surface area (Å²) in [5, 5.41) is 3.59. The van der Waals surface area contributed by atoms with E-state index in [-0.39, 0.29) is 0 Å². The van der Waals surface area contributed by atoms with Gasteiger partial charge in [-0.2, -0.15) is 0 Å². The summed E-state index contributed by atoms with van der Waals surface area (Å²) >= 11 is 1.44. The minimum absolute atomic E-state index is 0.501. The van der Waals surface area contributed by atoms with Crippen LogP contribution in [0.4, 0.5) is 10.9 Å². The molecule has 108 valence electrons. The number of nitrogens with one attached hydrogen (secondary N) is 1. The summed E-state index contributed by atoms with van der Waals surface area (Å²) in [7, 11) is 0. The van der Waals surface area contributed by atoms with Gasteiger partial charge in [-0.05, 0) is 23.3 Å². The van der Waals surface area contributed by atoms with Gasteiger partial charge in [0, 0.05) is 22.5 Å². The van der Waals surface area contributed by atoms with Crippen LogP contribution in [0.3, 0.4) is 0 Å². The molecule has 0 amide bonds. The Balaban J connectivity index is 1.80. The topological polar surface area (TPSA) is 93.6 Å². The van der Waals surface area contributed by atoms with Crippen molar-refractivity contribution >= 4 is 33.3 Å². The highest BCUT2D eigenvalue weighted by atomic mass is 32.1. The summed E-state index contributed by atoms with van der Waals surface area (Å²) in [5.74, 6) is 0.501. The minimum Gasteiger partial charge on any atom is -0.384 e. The second kappa shape index (κ2) is 4.85. The van der Waals surface area contributed by atoms with Gasteiger partial charge >= 0.3 is 0 Å². The number of H-pyrrole nitrogens is 1. The number of hydrogen-bond acceptors (Lipinski definition) is 5. The van der Waals surface area contributed by atoms with E-state index >= 15 is 0 Å². The molecule has 0 aliphatic rings. The first-order valence-electron chi connectivity index (χ1n) is 6.76. The summed E-state index contributed by atoms with van der Waals surface area (Å²) in [5.41, 5.74) is 16.5. The number of anilines is 2. The number of nitrogens with zero attached hydrogens (tertiary/aromatic N) is 2. The molecule has 6 heteroatoms. The normalized spacial score (nSPS) is 11.1. The van der Waals surface area contributed by atoms with E-state index in [2.05, 4.69) is 27.1 Å². The molecule has 0 bridgehead atoms. The average molecular weight is 307 g/mol. The molecule has 5 N–H and O–H groups in total. The summed E-state index contributed by atoms with van der Waals surface area (Å²) < 4.78 is 0. The summed E-state index contributed by atoms with van der Waals surface area (Å²) in [6.45, 7) is 0. The summed E-state index contributed by atoms with van der Waals surface area (Å²) in [6, 6.07) is 12.1. The lowest BCUT2D eigenvalue weighted by molar-refractivity contribution is 1.33. The third kappa shape index (κ3) is 2.10. The zero-order valence-electron chi connectivity index (χ0n) is 11.6. The molecule has 0 unspecified atom stereocenters. The van der Waals surface area contributed by atoms with Gasteiger partial charge in [0.05, 0.1) is 5.69 Å².